The van der Waals surface area contributed by atoms with Gasteiger partial charge in [-0.1, -0.05) is 32.9 Å². The van der Waals surface area contributed by atoms with Gasteiger partial charge in [0.05, 0.1) is 35.5 Å². The summed E-state index contributed by atoms with van der Waals surface area (Å²) < 4.78 is 26.2. The largest absolute Gasteiger partial charge is 0.459 e. The number of anilines is 1. The second kappa shape index (κ2) is 18.7. The first-order chi connectivity index (χ1) is 29.5. The number of esters is 1. The first-order valence-corrected chi connectivity index (χ1v) is 20.6. The van der Waals surface area contributed by atoms with Gasteiger partial charge in [0.25, 0.3) is 0 Å². The Morgan fingerprint density at radius 2 is 1.87 bits per heavy atom. The van der Waals surface area contributed by atoms with Crippen LogP contribution >= 0.6 is 0 Å². The van der Waals surface area contributed by atoms with Crippen LogP contribution in [-0.4, -0.2) is 82.1 Å². The molecule has 1 aliphatic carbocycles. The summed E-state index contributed by atoms with van der Waals surface area (Å²) in [5.41, 5.74) is 14.6. The maximum atomic E-state index is 15.4. The summed E-state index contributed by atoms with van der Waals surface area (Å²) in [6.07, 6.45) is 2.87. The zero-order valence-electron chi connectivity index (χ0n) is 35.4. The van der Waals surface area contributed by atoms with Gasteiger partial charge >= 0.3 is 18.1 Å². The number of benzene rings is 2. The molecule has 2 aromatic carbocycles. The number of hydrogen-bond acceptors (Lipinski definition) is 11. The number of aliphatic hydroxyl groups is 1. The highest BCUT2D eigenvalue weighted by molar-refractivity contribution is 5.98. The lowest BCUT2D eigenvalue weighted by Gasteiger charge is -2.32. The molecule has 0 unspecified atom stereocenters. The summed E-state index contributed by atoms with van der Waals surface area (Å²) in [7, 11) is 0. The molecule has 3 heterocycles. The van der Waals surface area contributed by atoms with E-state index in [0.29, 0.717) is 81.5 Å². The van der Waals surface area contributed by atoms with Gasteiger partial charge in [-0.2, -0.15) is 0 Å². The molecule has 4 atom stereocenters. The van der Waals surface area contributed by atoms with Crippen molar-refractivity contribution in [2.45, 2.75) is 104 Å². The predicted octanol–water partition coefficient (Wildman–Crippen LogP) is 3.78. The van der Waals surface area contributed by atoms with E-state index >= 15 is 4.39 Å². The van der Waals surface area contributed by atoms with E-state index in [2.05, 4.69) is 21.3 Å². The molecule has 6 amide bonds. The van der Waals surface area contributed by atoms with Crippen molar-refractivity contribution in [1.82, 2.24) is 25.8 Å². The summed E-state index contributed by atoms with van der Waals surface area (Å²) >= 11 is 0. The number of aryl methyl sites for hydroxylation is 1. The average molecular weight is 857 g/mol. The lowest BCUT2D eigenvalue weighted by Crippen LogP contribution is -2.51. The van der Waals surface area contributed by atoms with Crippen molar-refractivity contribution in [2.24, 2.45) is 17.4 Å². The number of rotatable bonds is 15. The molecule has 0 spiro atoms. The van der Waals surface area contributed by atoms with E-state index in [1.54, 1.807) is 65.0 Å². The van der Waals surface area contributed by atoms with Crippen LogP contribution in [0.5, 0.6) is 0 Å². The number of carbonyl (C=O) groups excluding carboxylic acids is 6. The Balaban J connectivity index is 1.19. The van der Waals surface area contributed by atoms with Crippen LogP contribution in [0.15, 0.2) is 47.6 Å². The topological polar surface area (TPSA) is 257 Å². The van der Waals surface area contributed by atoms with Crippen LogP contribution in [0, 0.1) is 18.7 Å². The molecule has 18 heteroatoms. The van der Waals surface area contributed by atoms with Crippen molar-refractivity contribution in [3.05, 3.63) is 86.9 Å². The number of pyridine rings is 1. The average Bonchev–Trinajstić information content (AvgIpc) is 3.60. The molecule has 2 aliphatic heterocycles. The van der Waals surface area contributed by atoms with Gasteiger partial charge < -0.3 is 52.2 Å². The van der Waals surface area contributed by atoms with Crippen LogP contribution in [0.3, 0.4) is 0 Å². The summed E-state index contributed by atoms with van der Waals surface area (Å²) in [6.45, 7) is 8.76. The summed E-state index contributed by atoms with van der Waals surface area (Å²) in [4.78, 5) is 82.2. The molecular weight excluding hydrogens is 804 g/mol. The van der Waals surface area contributed by atoms with Crippen LogP contribution in [0.1, 0.15) is 92.9 Å². The number of urea groups is 1. The molecule has 0 saturated heterocycles. The van der Waals surface area contributed by atoms with E-state index in [4.69, 9.17) is 25.9 Å². The highest BCUT2D eigenvalue weighted by atomic mass is 19.1. The summed E-state index contributed by atoms with van der Waals surface area (Å²) in [5, 5.41) is 23.0. The highest BCUT2D eigenvalue weighted by Crippen LogP contribution is 2.46. The maximum absolute atomic E-state index is 15.4. The molecule has 9 N–H and O–H groups in total. The third-order valence-electron chi connectivity index (χ3n) is 11.7. The minimum atomic E-state index is -1.95. The molecule has 3 aliphatic rings. The summed E-state index contributed by atoms with van der Waals surface area (Å²) in [6, 6.07) is 4.82. The predicted molar refractivity (Wildman–Crippen MR) is 226 cm³/mol. The smallest absolute Gasteiger partial charge is 0.407 e. The second-order valence-corrected chi connectivity index (χ2v) is 16.2. The second-order valence-electron chi connectivity index (χ2n) is 16.2. The Labute approximate surface area is 357 Å². The molecule has 17 nitrogen and oxygen atoms in total. The van der Waals surface area contributed by atoms with Crippen LogP contribution in [-0.2, 0) is 48.2 Å². The highest BCUT2D eigenvalue weighted by Gasteiger charge is 2.44. The molecule has 3 aromatic rings. The first-order valence-electron chi connectivity index (χ1n) is 20.6. The van der Waals surface area contributed by atoms with Gasteiger partial charge in [-0.25, -0.2) is 23.8 Å². The number of fused-ring (bicyclic) bond motifs is 2. The molecule has 0 fully saturated rings. The Hall–Kier alpha value is -6.40. The summed E-state index contributed by atoms with van der Waals surface area (Å²) in [5.74, 6) is -2.39. The third-order valence-corrected chi connectivity index (χ3v) is 11.7. The SMILES string of the molecule is CC[C@@]1(O)C(=O)OCC(C)=C1/C=C1/c2nc3cc(F)c(C)c4c3c(c2CN1C=O)[C@@H](NC(=O)OCc1ccc(NC(=O)[C@H](CCCNC(N)=O)NC(=O)[C@@H](N)C(C)C)cc1)CC4. The molecule has 0 saturated carbocycles. The molecular formula is C44H53FN8O9. The van der Waals surface area contributed by atoms with E-state index in [1.807, 2.05) is 0 Å². The van der Waals surface area contributed by atoms with E-state index < -0.39 is 59.5 Å². The maximum Gasteiger partial charge on any atom is 0.407 e. The Kier molecular flexibility index (Phi) is 13.6. The van der Waals surface area contributed by atoms with Gasteiger partial charge in [-0.3, -0.25) is 14.4 Å². The number of aromatic nitrogens is 1. The van der Waals surface area contributed by atoms with Gasteiger partial charge in [0.1, 0.15) is 25.1 Å². The van der Waals surface area contributed by atoms with Gasteiger partial charge in [0.2, 0.25) is 18.2 Å². The van der Waals surface area contributed by atoms with Crippen LogP contribution in [0.25, 0.3) is 16.6 Å². The van der Waals surface area contributed by atoms with Crippen molar-refractivity contribution >= 4 is 58.6 Å². The van der Waals surface area contributed by atoms with Crippen LogP contribution in [0.4, 0.5) is 19.7 Å². The lowest BCUT2D eigenvalue weighted by molar-refractivity contribution is -0.162. The normalized spacial score (nSPS) is 19.8. The number of halogens is 1. The van der Waals surface area contributed by atoms with Gasteiger partial charge in [-0.15, -0.1) is 0 Å². The lowest BCUT2D eigenvalue weighted by atomic mass is 9.81. The van der Waals surface area contributed by atoms with Crippen molar-refractivity contribution < 1.29 is 47.7 Å². The molecule has 330 valence electrons. The molecule has 6 rings (SSSR count). The van der Waals surface area contributed by atoms with Crippen molar-refractivity contribution in [2.75, 3.05) is 18.5 Å². The van der Waals surface area contributed by atoms with Crippen LogP contribution < -0.4 is 32.7 Å². The Morgan fingerprint density at radius 1 is 1.15 bits per heavy atom. The number of nitrogens with two attached hydrogens (primary N) is 2. The van der Waals surface area contributed by atoms with E-state index in [1.165, 1.54) is 11.0 Å². The van der Waals surface area contributed by atoms with Crippen molar-refractivity contribution in [3.8, 4) is 0 Å². The molecule has 0 bridgehead atoms. The molecule has 62 heavy (non-hydrogen) atoms. The van der Waals surface area contributed by atoms with Gasteiger partial charge in [-0.05, 0) is 103 Å². The monoisotopic (exact) mass is 856 g/mol. The van der Waals surface area contributed by atoms with Crippen molar-refractivity contribution in [1.29, 1.82) is 0 Å². The fourth-order valence-electron chi connectivity index (χ4n) is 8.08. The minimum absolute atomic E-state index is 0.0191. The zero-order valence-corrected chi connectivity index (χ0v) is 35.4. The first kappa shape index (κ1) is 45.1. The number of nitrogens with one attached hydrogen (secondary N) is 4. The molecule has 0 radical (unpaired) electrons. The number of nitrogens with zero attached hydrogens (tertiary/aromatic N) is 2. The number of alkyl carbamates (subject to hydrolysis) is 1. The fraction of sp³-hybridized carbons (Fsp3) is 0.432. The standard InChI is InChI=1S/C44H53FN8O9/c1-6-44(60)29(23(4)19-61-41(44)57)16-34-38-28(18-53(34)21-54)36-31(14-13-27-24(5)30(45)17-33(50-38)35(27)36)52-43(59)62-20-25-9-11-26(12-10-25)49-39(55)32(8-7-15-48-42(47)58)51-40(56)37(46)22(2)3/h9-12,16-17,21-22,31-32,37,60H,6-8,13-15,18-20,46H2,1-5H3,(H,49,55)(H,51,56)(H,52,59)(H3,47,48,58)/b34-16-/t31-,32-,37-,44-/m0/s1. The van der Waals surface area contributed by atoms with E-state index in [-0.39, 0.29) is 50.6 Å². The Morgan fingerprint density at radius 3 is 2.53 bits per heavy atom. The number of hydrogen-bond donors (Lipinski definition) is 7. The van der Waals surface area contributed by atoms with Gasteiger partial charge in [0, 0.05) is 29.2 Å². The number of amides is 6. The van der Waals surface area contributed by atoms with Gasteiger partial charge in [0.15, 0.2) is 5.60 Å². The number of cyclic esters (lactones) is 1. The van der Waals surface area contributed by atoms with E-state index in [0.717, 1.165) is 5.56 Å². The van der Waals surface area contributed by atoms with Crippen molar-refractivity contribution in [3.63, 3.8) is 0 Å². The molecule has 1 aromatic heterocycles. The minimum Gasteiger partial charge on any atom is -0.459 e. The zero-order chi connectivity index (χ0) is 45.0. The number of carbonyl (C=O) groups is 6. The Bertz CT molecular complexity index is 2370. The van der Waals surface area contributed by atoms with Crippen LogP contribution in [0.2, 0.25) is 0 Å². The van der Waals surface area contributed by atoms with E-state index in [9.17, 15) is 33.9 Å². The fourth-order valence-corrected chi connectivity index (χ4v) is 8.08. The third kappa shape index (κ3) is 9.25. The number of primary amides is 1. The number of ether oxygens (including phenoxy) is 2. The quantitative estimate of drug-likeness (QED) is 0.0658.